The zero-order valence-corrected chi connectivity index (χ0v) is 17.1. The number of carbonyl (C=O) groups excluding carboxylic acids is 1. The van der Waals surface area contributed by atoms with Crippen molar-refractivity contribution in [3.05, 3.63) is 12.7 Å². The second-order valence-electron chi connectivity index (χ2n) is 9.93. The van der Waals surface area contributed by atoms with Gasteiger partial charge in [-0.05, 0) is 56.3 Å². The van der Waals surface area contributed by atoms with Crippen molar-refractivity contribution in [2.75, 3.05) is 11.9 Å². The molecule has 4 bridgehead atoms. The van der Waals surface area contributed by atoms with E-state index in [9.17, 15) is 20.1 Å². The number of rotatable bonds is 4. The lowest BCUT2D eigenvalue weighted by molar-refractivity contribution is -0.140. The Labute approximate surface area is 178 Å². The van der Waals surface area contributed by atoms with Crippen LogP contribution in [0.1, 0.15) is 44.8 Å². The number of nitrogens with one attached hydrogen (secondary N) is 1. The molecule has 5 aliphatic rings. The average molecular weight is 429 g/mol. The van der Waals surface area contributed by atoms with Gasteiger partial charge in [0.1, 0.15) is 24.6 Å². The summed E-state index contributed by atoms with van der Waals surface area (Å²) in [4.78, 5) is 26.3. The summed E-state index contributed by atoms with van der Waals surface area (Å²) in [5, 5.41) is 32.8. The number of fused-ring (bicyclic) bond motifs is 1. The highest BCUT2D eigenvalue weighted by Gasteiger charge is 2.54. The van der Waals surface area contributed by atoms with Crippen LogP contribution < -0.4 is 5.32 Å². The molecule has 5 fully saturated rings. The van der Waals surface area contributed by atoms with E-state index < -0.39 is 31.1 Å². The van der Waals surface area contributed by atoms with Gasteiger partial charge in [0, 0.05) is 0 Å². The van der Waals surface area contributed by atoms with Gasteiger partial charge in [0.25, 0.3) is 0 Å². The second-order valence-corrected chi connectivity index (χ2v) is 9.93. The molecule has 0 radical (unpaired) electrons. The fraction of sp³-hybridized carbons (Fsp3) is 0.714. The van der Waals surface area contributed by atoms with Crippen LogP contribution in [0.5, 0.6) is 0 Å². The molecule has 1 aliphatic heterocycles. The lowest BCUT2D eigenvalue weighted by Crippen LogP contribution is -2.51. The average Bonchev–Trinajstić information content (AvgIpc) is 3.29. The summed E-state index contributed by atoms with van der Waals surface area (Å²) in [6.45, 7) is -0.414. The molecule has 31 heavy (non-hydrogen) atoms. The Bertz CT molecular complexity index is 989. The van der Waals surface area contributed by atoms with Gasteiger partial charge in [0.05, 0.1) is 18.3 Å². The van der Waals surface area contributed by atoms with E-state index in [0.29, 0.717) is 34.7 Å². The third kappa shape index (κ3) is 2.92. The molecule has 166 valence electrons. The number of imidazole rings is 1. The Hall–Kier alpha value is -2.14. The van der Waals surface area contributed by atoms with Crippen molar-refractivity contribution in [1.29, 1.82) is 0 Å². The molecule has 4 N–H and O–H groups in total. The first-order chi connectivity index (χ1) is 15.0. The number of carbonyl (C=O) groups is 1. The number of hydrogen-bond donors (Lipinski definition) is 4. The fourth-order valence-electron chi connectivity index (χ4n) is 6.87. The predicted molar refractivity (Wildman–Crippen MR) is 108 cm³/mol. The van der Waals surface area contributed by atoms with Gasteiger partial charge >= 0.3 is 0 Å². The molecule has 1 amide bonds. The van der Waals surface area contributed by atoms with Crippen molar-refractivity contribution in [3.63, 3.8) is 0 Å². The molecule has 2 aromatic rings. The van der Waals surface area contributed by atoms with Crippen molar-refractivity contribution in [1.82, 2.24) is 19.5 Å². The SMILES string of the molecule is O=C(Nc1ncnc2c1ncn2[C@@H]1O[C@H](CO)[C@H](O)[C@@H]1O)C12CC3CC(CC(C3)C1)C2. The molecule has 0 aromatic carbocycles. The van der Waals surface area contributed by atoms with E-state index in [4.69, 9.17) is 4.74 Å². The summed E-state index contributed by atoms with van der Waals surface area (Å²) in [6, 6.07) is 0. The van der Waals surface area contributed by atoms with Crippen LogP contribution in [0.15, 0.2) is 12.7 Å². The first-order valence-electron chi connectivity index (χ1n) is 11.1. The number of anilines is 1. The number of aliphatic hydroxyl groups is 3. The van der Waals surface area contributed by atoms with Crippen LogP contribution in [0.4, 0.5) is 5.82 Å². The van der Waals surface area contributed by atoms with Gasteiger partial charge in [0.2, 0.25) is 5.91 Å². The number of aliphatic hydroxyl groups excluding tert-OH is 3. The molecule has 10 nitrogen and oxygen atoms in total. The second kappa shape index (κ2) is 6.93. The molecule has 7 rings (SSSR count). The predicted octanol–water partition coefficient (Wildman–Crippen LogP) is 0.593. The van der Waals surface area contributed by atoms with Crippen LogP contribution in [0.2, 0.25) is 0 Å². The third-order valence-corrected chi connectivity index (χ3v) is 7.90. The van der Waals surface area contributed by atoms with Crippen molar-refractivity contribution in [2.24, 2.45) is 23.2 Å². The van der Waals surface area contributed by atoms with Crippen molar-refractivity contribution >= 4 is 22.9 Å². The molecule has 10 heteroatoms. The Balaban J connectivity index is 1.29. The molecular weight excluding hydrogens is 402 g/mol. The maximum atomic E-state index is 13.4. The van der Waals surface area contributed by atoms with Crippen LogP contribution in [0, 0.1) is 23.2 Å². The maximum absolute atomic E-state index is 13.4. The van der Waals surface area contributed by atoms with E-state index in [1.54, 1.807) is 0 Å². The van der Waals surface area contributed by atoms with Gasteiger partial charge in [-0.25, -0.2) is 15.0 Å². The van der Waals surface area contributed by atoms with Gasteiger partial charge in [-0.2, -0.15) is 0 Å². The topological polar surface area (TPSA) is 143 Å². The Morgan fingerprint density at radius 3 is 2.39 bits per heavy atom. The molecule has 4 saturated carbocycles. The molecule has 4 aliphatic carbocycles. The zero-order valence-electron chi connectivity index (χ0n) is 17.1. The number of aromatic nitrogens is 4. The maximum Gasteiger partial charge on any atom is 0.231 e. The molecule has 0 spiro atoms. The highest BCUT2D eigenvalue weighted by Crippen LogP contribution is 2.60. The highest BCUT2D eigenvalue weighted by atomic mass is 16.6. The lowest BCUT2D eigenvalue weighted by Gasteiger charge is -2.55. The monoisotopic (exact) mass is 429 g/mol. The van der Waals surface area contributed by atoms with E-state index in [0.717, 1.165) is 19.3 Å². The van der Waals surface area contributed by atoms with E-state index >= 15 is 0 Å². The summed E-state index contributed by atoms with van der Waals surface area (Å²) in [6.07, 6.45) is 5.14. The Kier molecular flexibility index (Phi) is 4.37. The van der Waals surface area contributed by atoms with E-state index in [-0.39, 0.29) is 11.3 Å². The minimum absolute atomic E-state index is 0.0223. The lowest BCUT2D eigenvalue weighted by atomic mass is 9.49. The number of ether oxygens (including phenoxy) is 1. The smallest absolute Gasteiger partial charge is 0.231 e. The van der Waals surface area contributed by atoms with Gasteiger partial charge < -0.3 is 25.4 Å². The molecule has 2 aromatic heterocycles. The Morgan fingerprint density at radius 1 is 1.10 bits per heavy atom. The first kappa shape index (κ1) is 19.5. The largest absolute Gasteiger partial charge is 0.394 e. The molecule has 0 unspecified atom stereocenters. The number of hydrogen-bond acceptors (Lipinski definition) is 8. The van der Waals surface area contributed by atoms with Gasteiger partial charge in [-0.1, -0.05) is 0 Å². The summed E-state index contributed by atoms with van der Waals surface area (Å²) >= 11 is 0. The van der Waals surface area contributed by atoms with Gasteiger partial charge in [-0.15, -0.1) is 0 Å². The van der Waals surface area contributed by atoms with E-state index in [1.165, 1.54) is 36.5 Å². The summed E-state index contributed by atoms with van der Waals surface area (Å²) < 4.78 is 7.10. The van der Waals surface area contributed by atoms with Crippen LogP contribution in [-0.4, -0.2) is 65.7 Å². The van der Waals surface area contributed by atoms with Gasteiger partial charge in [0.15, 0.2) is 23.2 Å². The molecular formula is C21H27N5O5. The van der Waals surface area contributed by atoms with E-state index in [1.807, 2.05) is 0 Å². The number of amides is 1. The quantitative estimate of drug-likeness (QED) is 0.553. The minimum Gasteiger partial charge on any atom is -0.394 e. The van der Waals surface area contributed by atoms with Crippen molar-refractivity contribution in [3.8, 4) is 0 Å². The molecule has 4 atom stereocenters. The minimum atomic E-state index is -1.24. The van der Waals surface area contributed by atoms with Crippen LogP contribution >= 0.6 is 0 Å². The molecule has 3 heterocycles. The van der Waals surface area contributed by atoms with Crippen molar-refractivity contribution < 1.29 is 24.9 Å². The van der Waals surface area contributed by atoms with Crippen LogP contribution in [0.3, 0.4) is 0 Å². The normalized spacial score (nSPS) is 41.2. The number of nitrogens with zero attached hydrogens (tertiary/aromatic N) is 4. The first-order valence-corrected chi connectivity index (χ1v) is 11.1. The summed E-state index contributed by atoms with van der Waals surface area (Å²) in [5.41, 5.74) is 0.474. The zero-order chi connectivity index (χ0) is 21.3. The van der Waals surface area contributed by atoms with E-state index in [2.05, 4.69) is 20.3 Å². The summed E-state index contributed by atoms with van der Waals surface area (Å²) in [7, 11) is 0. The molecule has 1 saturated heterocycles. The van der Waals surface area contributed by atoms with Gasteiger partial charge in [-0.3, -0.25) is 9.36 Å². The standard InChI is InChI=1S/C21H27N5O5/c27-7-13-15(28)16(29)19(31-13)26-9-24-14-17(22-8-23-18(14)26)25-20(30)21-4-10-1-11(5-21)3-12(2-10)6-21/h8-13,15-16,19,27-29H,1-7H2,(H,22,23,25,30)/t10?,11?,12?,13-,15+,16+,19-,21?/m1/s1. The van der Waals surface area contributed by atoms with Crippen LogP contribution in [-0.2, 0) is 9.53 Å². The highest BCUT2D eigenvalue weighted by molar-refractivity contribution is 6.00. The van der Waals surface area contributed by atoms with Crippen molar-refractivity contribution in [2.45, 2.75) is 63.1 Å². The van der Waals surface area contributed by atoms with Crippen LogP contribution in [0.25, 0.3) is 11.2 Å². The summed E-state index contributed by atoms with van der Waals surface area (Å²) in [5.74, 6) is 2.35. The third-order valence-electron chi connectivity index (χ3n) is 7.90. The Morgan fingerprint density at radius 2 is 1.77 bits per heavy atom. The fourth-order valence-corrected chi connectivity index (χ4v) is 6.87.